The van der Waals surface area contributed by atoms with E-state index in [4.69, 9.17) is 4.42 Å². The summed E-state index contributed by atoms with van der Waals surface area (Å²) in [6, 6.07) is 0. The van der Waals surface area contributed by atoms with Gasteiger partial charge < -0.3 is 9.40 Å². The number of sulfonamides is 1. The van der Waals surface area contributed by atoms with Crippen LogP contribution in [0.5, 0.6) is 0 Å². The standard InChI is InChI=1S/C16H22N4O3S/c1-10-13(16-19-18-15(23-16)12-6-5-7-12)14(11(2)17-10)24(21,22)20-8-3-4-9-20/h12,17H,3-9H2,1-2H3. The normalized spacial score (nSPS) is 19.8. The molecule has 0 atom stereocenters. The quantitative estimate of drug-likeness (QED) is 0.915. The van der Waals surface area contributed by atoms with E-state index in [0.717, 1.165) is 31.4 Å². The molecule has 2 aliphatic rings. The highest BCUT2D eigenvalue weighted by molar-refractivity contribution is 7.89. The predicted octanol–water partition coefficient (Wildman–Crippen LogP) is 2.73. The number of hydrogen-bond acceptors (Lipinski definition) is 5. The molecule has 2 aromatic rings. The van der Waals surface area contributed by atoms with Crippen LogP contribution in [0.4, 0.5) is 0 Å². The molecule has 1 N–H and O–H groups in total. The Morgan fingerprint density at radius 3 is 2.42 bits per heavy atom. The van der Waals surface area contributed by atoms with Crippen LogP contribution in [-0.4, -0.2) is 41.0 Å². The molecule has 0 spiro atoms. The second-order valence-corrected chi connectivity index (χ2v) is 8.64. The number of H-pyrrole nitrogens is 1. The van der Waals surface area contributed by atoms with Gasteiger partial charge in [0.05, 0.1) is 5.56 Å². The predicted molar refractivity (Wildman–Crippen MR) is 88.1 cm³/mol. The molecule has 0 radical (unpaired) electrons. The van der Waals surface area contributed by atoms with Crippen molar-refractivity contribution in [3.05, 3.63) is 17.3 Å². The van der Waals surface area contributed by atoms with Crippen LogP contribution in [0.3, 0.4) is 0 Å². The zero-order valence-corrected chi connectivity index (χ0v) is 14.8. The molecular formula is C16H22N4O3S. The Hall–Kier alpha value is -1.67. The molecule has 0 aromatic carbocycles. The van der Waals surface area contributed by atoms with Gasteiger partial charge in [-0.3, -0.25) is 0 Å². The van der Waals surface area contributed by atoms with Crippen LogP contribution >= 0.6 is 0 Å². The van der Waals surface area contributed by atoms with Gasteiger partial charge in [0.25, 0.3) is 5.89 Å². The van der Waals surface area contributed by atoms with E-state index in [1.807, 2.05) is 6.92 Å². The van der Waals surface area contributed by atoms with E-state index in [2.05, 4.69) is 15.2 Å². The maximum absolute atomic E-state index is 13.1. The van der Waals surface area contributed by atoms with Gasteiger partial charge in [-0.05, 0) is 39.5 Å². The third kappa shape index (κ3) is 2.39. The van der Waals surface area contributed by atoms with E-state index in [9.17, 15) is 8.42 Å². The number of rotatable bonds is 4. The Morgan fingerprint density at radius 2 is 1.79 bits per heavy atom. The van der Waals surface area contributed by atoms with E-state index in [-0.39, 0.29) is 4.90 Å². The van der Waals surface area contributed by atoms with Gasteiger partial charge in [-0.1, -0.05) is 6.42 Å². The number of aryl methyl sites for hydroxylation is 2. The summed E-state index contributed by atoms with van der Waals surface area (Å²) in [6.45, 7) is 4.77. The third-order valence-corrected chi connectivity index (χ3v) is 7.16. The second-order valence-electron chi connectivity index (χ2n) is 6.76. The minimum atomic E-state index is -3.56. The van der Waals surface area contributed by atoms with Gasteiger partial charge in [0.2, 0.25) is 15.9 Å². The zero-order chi connectivity index (χ0) is 16.9. The summed E-state index contributed by atoms with van der Waals surface area (Å²) in [7, 11) is -3.56. The molecule has 1 saturated carbocycles. The van der Waals surface area contributed by atoms with Gasteiger partial charge in [0.15, 0.2) is 0 Å². The smallest absolute Gasteiger partial charge is 0.250 e. The van der Waals surface area contributed by atoms with Gasteiger partial charge in [0, 0.05) is 30.4 Å². The second kappa shape index (κ2) is 5.70. The SMILES string of the molecule is Cc1[nH]c(C)c(S(=O)(=O)N2CCCC2)c1-c1nnc(C2CCC2)o1. The van der Waals surface area contributed by atoms with Crippen molar-refractivity contribution in [1.29, 1.82) is 0 Å². The highest BCUT2D eigenvalue weighted by atomic mass is 32.2. The van der Waals surface area contributed by atoms with Crippen LogP contribution < -0.4 is 0 Å². The van der Waals surface area contributed by atoms with Crippen LogP contribution in [0.15, 0.2) is 9.31 Å². The number of nitrogens with zero attached hydrogens (tertiary/aromatic N) is 3. The fourth-order valence-corrected chi connectivity index (χ4v) is 5.49. The van der Waals surface area contributed by atoms with E-state index < -0.39 is 10.0 Å². The van der Waals surface area contributed by atoms with E-state index in [1.54, 1.807) is 11.2 Å². The number of aromatic amines is 1. The molecule has 2 fully saturated rings. The number of hydrogen-bond donors (Lipinski definition) is 1. The van der Waals surface area contributed by atoms with Crippen LogP contribution in [0.25, 0.3) is 11.5 Å². The summed E-state index contributed by atoms with van der Waals surface area (Å²) in [4.78, 5) is 3.42. The lowest BCUT2D eigenvalue weighted by atomic mass is 9.85. The molecule has 3 heterocycles. The van der Waals surface area contributed by atoms with Gasteiger partial charge in [-0.25, -0.2) is 8.42 Å². The van der Waals surface area contributed by atoms with Crippen molar-refractivity contribution in [3.8, 4) is 11.5 Å². The topological polar surface area (TPSA) is 92.1 Å². The highest BCUT2D eigenvalue weighted by Crippen LogP contribution is 2.39. The van der Waals surface area contributed by atoms with Crippen molar-refractivity contribution >= 4 is 10.0 Å². The Labute approximate surface area is 141 Å². The molecule has 7 nitrogen and oxygen atoms in total. The Morgan fingerprint density at radius 1 is 1.08 bits per heavy atom. The summed E-state index contributed by atoms with van der Waals surface area (Å²) >= 11 is 0. The lowest BCUT2D eigenvalue weighted by molar-refractivity contribution is 0.338. The van der Waals surface area contributed by atoms with E-state index in [0.29, 0.717) is 42.0 Å². The minimum Gasteiger partial charge on any atom is -0.420 e. The summed E-state index contributed by atoms with van der Waals surface area (Å²) in [5, 5.41) is 8.29. The van der Waals surface area contributed by atoms with Crippen molar-refractivity contribution in [3.63, 3.8) is 0 Å². The van der Waals surface area contributed by atoms with Crippen molar-refractivity contribution in [2.45, 2.75) is 56.8 Å². The van der Waals surface area contributed by atoms with Crippen molar-refractivity contribution in [2.24, 2.45) is 0 Å². The molecule has 2 aromatic heterocycles. The molecule has 1 aliphatic heterocycles. The molecule has 1 saturated heterocycles. The molecule has 8 heteroatoms. The first kappa shape index (κ1) is 15.8. The molecule has 4 rings (SSSR count). The van der Waals surface area contributed by atoms with Crippen LogP contribution in [-0.2, 0) is 10.0 Å². The highest BCUT2D eigenvalue weighted by Gasteiger charge is 2.35. The first-order valence-corrected chi connectivity index (χ1v) is 9.95. The van der Waals surface area contributed by atoms with Crippen LogP contribution in [0, 0.1) is 13.8 Å². The van der Waals surface area contributed by atoms with Gasteiger partial charge in [-0.15, -0.1) is 10.2 Å². The van der Waals surface area contributed by atoms with Gasteiger partial charge in [0.1, 0.15) is 4.90 Å². The number of aromatic nitrogens is 3. The monoisotopic (exact) mass is 350 g/mol. The van der Waals surface area contributed by atoms with Gasteiger partial charge >= 0.3 is 0 Å². The fraction of sp³-hybridized carbons (Fsp3) is 0.625. The first-order chi connectivity index (χ1) is 11.5. The lowest BCUT2D eigenvalue weighted by Gasteiger charge is -2.20. The molecule has 0 bridgehead atoms. The average Bonchev–Trinajstić information content (AvgIpc) is 3.17. The maximum Gasteiger partial charge on any atom is 0.250 e. The van der Waals surface area contributed by atoms with E-state index in [1.165, 1.54) is 6.42 Å². The molecule has 1 aliphatic carbocycles. The summed E-state index contributed by atoms with van der Waals surface area (Å²) in [5.74, 6) is 1.25. The lowest BCUT2D eigenvalue weighted by Crippen LogP contribution is -2.28. The van der Waals surface area contributed by atoms with Crippen LogP contribution in [0.1, 0.15) is 55.3 Å². The largest absolute Gasteiger partial charge is 0.420 e. The molecule has 130 valence electrons. The summed E-state index contributed by atoms with van der Waals surface area (Å²) in [5.41, 5.74) is 1.89. The number of nitrogens with one attached hydrogen (secondary N) is 1. The molecule has 0 amide bonds. The molecular weight excluding hydrogens is 328 g/mol. The first-order valence-electron chi connectivity index (χ1n) is 8.51. The maximum atomic E-state index is 13.1. The third-order valence-electron chi connectivity index (χ3n) is 5.09. The van der Waals surface area contributed by atoms with Gasteiger partial charge in [-0.2, -0.15) is 4.31 Å². The van der Waals surface area contributed by atoms with Crippen LogP contribution in [0.2, 0.25) is 0 Å². The zero-order valence-electron chi connectivity index (χ0n) is 14.0. The van der Waals surface area contributed by atoms with Crippen molar-refractivity contribution in [1.82, 2.24) is 19.5 Å². The average molecular weight is 350 g/mol. The molecule has 24 heavy (non-hydrogen) atoms. The summed E-state index contributed by atoms with van der Waals surface area (Å²) < 4.78 is 33.6. The van der Waals surface area contributed by atoms with Crippen molar-refractivity contribution < 1.29 is 12.8 Å². The molecule has 0 unspecified atom stereocenters. The fourth-order valence-electron chi connectivity index (χ4n) is 3.55. The Kier molecular flexibility index (Phi) is 3.76. The Balaban J connectivity index is 1.79. The Bertz CT molecular complexity index is 858. The summed E-state index contributed by atoms with van der Waals surface area (Å²) in [6.07, 6.45) is 5.11. The van der Waals surface area contributed by atoms with E-state index >= 15 is 0 Å². The minimum absolute atomic E-state index is 0.283. The van der Waals surface area contributed by atoms with Crippen molar-refractivity contribution in [2.75, 3.05) is 13.1 Å².